The van der Waals surface area contributed by atoms with Crippen LogP contribution in [-0.2, 0) is 0 Å². The molecule has 0 aliphatic heterocycles. The highest BCUT2D eigenvalue weighted by Gasteiger charge is 2.05. The summed E-state index contributed by atoms with van der Waals surface area (Å²) in [4.78, 5) is 15.8. The van der Waals surface area contributed by atoms with Gasteiger partial charge in [-0.05, 0) is 32.0 Å². The van der Waals surface area contributed by atoms with Crippen LogP contribution in [0.3, 0.4) is 0 Å². The number of carboxylic acid groups (broad SMARTS) is 1. The molecule has 0 radical (unpaired) electrons. The standard InChI is InChI=1S/C13H16N2O2/c1-3-15(4-2)10-6-5-9-7-12(13(16)17)14-11(9)8-10/h5-8,14H,3-4H2,1-2H3,(H,16,17)/p-1. The maximum Gasteiger partial charge on any atom is 0.0878 e. The number of rotatable bonds is 4. The molecule has 1 heterocycles. The number of carbonyl (C=O) groups is 1. The molecule has 0 saturated carbocycles. The Morgan fingerprint density at radius 2 is 2.00 bits per heavy atom. The van der Waals surface area contributed by atoms with Crippen molar-refractivity contribution in [3.05, 3.63) is 30.0 Å². The fourth-order valence-electron chi connectivity index (χ4n) is 2.01. The number of aromatic amines is 1. The van der Waals surface area contributed by atoms with Gasteiger partial charge in [0.2, 0.25) is 0 Å². The van der Waals surface area contributed by atoms with Gasteiger partial charge in [0.1, 0.15) is 0 Å². The van der Waals surface area contributed by atoms with Crippen molar-refractivity contribution in [1.82, 2.24) is 4.98 Å². The Morgan fingerprint density at radius 1 is 1.29 bits per heavy atom. The molecule has 2 aromatic rings. The second-order valence-electron chi connectivity index (χ2n) is 3.91. The van der Waals surface area contributed by atoms with E-state index >= 15 is 0 Å². The molecule has 4 nitrogen and oxygen atoms in total. The van der Waals surface area contributed by atoms with E-state index in [1.807, 2.05) is 18.2 Å². The van der Waals surface area contributed by atoms with Crippen LogP contribution in [0.4, 0.5) is 5.69 Å². The zero-order valence-electron chi connectivity index (χ0n) is 9.99. The summed E-state index contributed by atoms with van der Waals surface area (Å²) in [6, 6.07) is 7.49. The lowest BCUT2D eigenvalue weighted by atomic mass is 10.2. The van der Waals surface area contributed by atoms with Crippen molar-refractivity contribution in [2.75, 3.05) is 18.0 Å². The van der Waals surface area contributed by atoms with Crippen molar-refractivity contribution in [1.29, 1.82) is 0 Å². The lowest BCUT2D eigenvalue weighted by Crippen LogP contribution is -2.22. The summed E-state index contributed by atoms with van der Waals surface area (Å²) >= 11 is 0. The molecule has 4 heteroatoms. The van der Waals surface area contributed by atoms with E-state index < -0.39 is 5.97 Å². The molecule has 0 unspecified atom stereocenters. The van der Waals surface area contributed by atoms with Gasteiger partial charge in [-0.25, -0.2) is 0 Å². The van der Waals surface area contributed by atoms with Gasteiger partial charge in [-0.15, -0.1) is 0 Å². The molecule has 1 aromatic heterocycles. The van der Waals surface area contributed by atoms with Gasteiger partial charge >= 0.3 is 0 Å². The van der Waals surface area contributed by atoms with Crippen molar-refractivity contribution in [2.45, 2.75) is 13.8 Å². The fourth-order valence-corrected chi connectivity index (χ4v) is 2.01. The first-order valence-electron chi connectivity index (χ1n) is 5.74. The molecule has 1 N–H and O–H groups in total. The fraction of sp³-hybridized carbons (Fsp3) is 0.308. The monoisotopic (exact) mass is 231 g/mol. The number of aromatic carboxylic acids is 1. The number of nitrogens with zero attached hydrogens (tertiary/aromatic N) is 1. The number of anilines is 1. The van der Waals surface area contributed by atoms with Gasteiger partial charge in [0.15, 0.2) is 0 Å². The number of hydrogen-bond donors (Lipinski definition) is 1. The summed E-state index contributed by atoms with van der Waals surface area (Å²) in [7, 11) is 0. The lowest BCUT2D eigenvalue weighted by molar-refractivity contribution is -0.255. The topological polar surface area (TPSA) is 59.2 Å². The average molecular weight is 231 g/mol. The first kappa shape index (κ1) is 11.5. The molecule has 0 amide bonds. The van der Waals surface area contributed by atoms with Crippen molar-refractivity contribution < 1.29 is 9.90 Å². The Balaban J connectivity index is 2.46. The van der Waals surface area contributed by atoms with E-state index in [0.29, 0.717) is 0 Å². The van der Waals surface area contributed by atoms with Crippen molar-refractivity contribution >= 4 is 22.6 Å². The molecule has 17 heavy (non-hydrogen) atoms. The molecule has 0 aliphatic carbocycles. The highest BCUT2D eigenvalue weighted by atomic mass is 16.4. The smallest absolute Gasteiger partial charge is 0.0878 e. The Bertz CT molecular complexity index is 541. The third-order valence-corrected chi connectivity index (χ3v) is 2.95. The number of hydrogen-bond acceptors (Lipinski definition) is 3. The highest BCUT2D eigenvalue weighted by molar-refractivity contribution is 5.93. The van der Waals surface area contributed by atoms with Crippen LogP contribution in [0, 0.1) is 0 Å². The van der Waals surface area contributed by atoms with E-state index in [4.69, 9.17) is 0 Å². The summed E-state index contributed by atoms with van der Waals surface area (Å²) in [6.07, 6.45) is 0. The third kappa shape index (κ3) is 2.11. The third-order valence-electron chi connectivity index (χ3n) is 2.95. The van der Waals surface area contributed by atoms with Gasteiger partial charge in [-0.2, -0.15) is 0 Å². The molecule has 0 aliphatic rings. The zero-order valence-corrected chi connectivity index (χ0v) is 9.99. The largest absolute Gasteiger partial charge is 0.543 e. The van der Waals surface area contributed by atoms with E-state index in [1.54, 1.807) is 6.07 Å². The number of aromatic nitrogens is 1. The molecule has 0 saturated heterocycles. The predicted octanol–water partition coefficient (Wildman–Crippen LogP) is 1.38. The van der Waals surface area contributed by atoms with E-state index in [1.165, 1.54) is 0 Å². The van der Waals surface area contributed by atoms with Gasteiger partial charge in [-0.1, -0.05) is 6.07 Å². The van der Waals surface area contributed by atoms with Crippen LogP contribution in [0.25, 0.3) is 10.9 Å². The van der Waals surface area contributed by atoms with Crippen molar-refractivity contribution in [2.24, 2.45) is 0 Å². The van der Waals surface area contributed by atoms with E-state index in [-0.39, 0.29) is 5.69 Å². The molecule has 90 valence electrons. The van der Waals surface area contributed by atoms with E-state index in [0.717, 1.165) is 29.7 Å². The number of benzene rings is 1. The van der Waals surface area contributed by atoms with Gasteiger partial charge in [-0.3, -0.25) is 0 Å². The van der Waals surface area contributed by atoms with Crippen LogP contribution in [0.2, 0.25) is 0 Å². The number of H-pyrrole nitrogens is 1. The lowest BCUT2D eigenvalue weighted by Gasteiger charge is -2.20. The quantitative estimate of drug-likeness (QED) is 0.864. The summed E-state index contributed by atoms with van der Waals surface area (Å²) in [5.41, 5.74) is 2.04. The SMILES string of the molecule is CCN(CC)c1ccc2cc(C(=O)[O-])[nH]c2c1. The first-order chi connectivity index (χ1) is 8.15. The number of fused-ring (bicyclic) bond motifs is 1. The molecule has 0 fully saturated rings. The second kappa shape index (κ2) is 4.49. The van der Waals surface area contributed by atoms with Crippen molar-refractivity contribution in [3.63, 3.8) is 0 Å². The van der Waals surface area contributed by atoms with Crippen LogP contribution < -0.4 is 10.0 Å². The Labute approximate surface area is 99.9 Å². The summed E-state index contributed by atoms with van der Waals surface area (Å²) in [6.45, 7) is 6.04. The Hall–Kier alpha value is -1.97. The van der Waals surface area contributed by atoms with E-state index in [2.05, 4.69) is 23.7 Å². The number of nitrogens with one attached hydrogen (secondary N) is 1. The second-order valence-corrected chi connectivity index (χ2v) is 3.91. The van der Waals surface area contributed by atoms with Crippen LogP contribution in [0.1, 0.15) is 24.3 Å². The first-order valence-corrected chi connectivity index (χ1v) is 5.74. The van der Waals surface area contributed by atoms with Gasteiger partial charge in [0.05, 0.1) is 11.7 Å². The molecule has 1 aromatic carbocycles. The van der Waals surface area contributed by atoms with Crippen molar-refractivity contribution in [3.8, 4) is 0 Å². The molecule has 2 rings (SSSR count). The van der Waals surface area contributed by atoms with Crippen LogP contribution in [0.5, 0.6) is 0 Å². The molecular weight excluding hydrogens is 216 g/mol. The maximum atomic E-state index is 10.7. The Morgan fingerprint density at radius 3 is 2.59 bits per heavy atom. The normalized spacial score (nSPS) is 10.7. The Kier molecular flexibility index (Phi) is 3.04. The van der Waals surface area contributed by atoms with Crippen LogP contribution in [0.15, 0.2) is 24.3 Å². The minimum atomic E-state index is -1.18. The highest BCUT2D eigenvalue weighted by Crippen LogP contribution is 2.22. The van der Waals surface area contributed by atoms with Gasteiger partial charge < -0.3 is 19.8 Å². The summed E-state index contributed by atoms with van der Waals surface area (Å²) in [5.74, 6) is -1.18. The average Bonchev–Trinajstić information content (AvgIpc) is 2.74. The number of carbonyl (C=O) groups excluding carboxylic acids is 1. The van der Waals surface area contributed by atoms with E-state index in [9.17, 15) is 9.90 Å². The van der Waals surface area contributed by atoms with Gasteiger partial charge in [0.25, 0.3) is 0 Å². The molecule has 0 spiro atoms. The van der Waals surface area contributed by atoms with Crippen LogP contribution in [-0.4, -0.2) is 24.0 Å². The summed E-state index contributed by atoms with van der Waals surface area (Å²) in [5, 5.41) is 11.6. The van der Waals surface area contributed by atoms with Gasteiger partial charge in [0, 0.05) is 29.7 Å². The predicted molar refractivity (Wildman–Crippen MR) is 66.2 cm³/mol. The minimum absolute atomic E-state index is 0.122. The molecule has 0 bridgehead atoms. The molecular formula is C13H15N2O2-. The molecule has 0 atom stereocenters. The minimum Gasteiger partial charge on any atom is -0.543 e. The maximum absolute atomic E-state index is 10.7. The zero-order chi connectivity index (χ0) is 12.4. The number of carboxylic acids is 1. The summed E-state index contributed by atoms with van der Waals surface area (Å²) < 4.78 is 0. The van der Waals surface area contributed by atoms with Crippen LogP contribution >= 0.6 is 0 Å².